The highest BCUT2D eigenvalue weighted by Crippen LogP contribution is 2.23. The summed E-state index contributed by atoms with van der Waals surface area (Å²) < 4.78 is 0. The van der Waals surface area contributed by atoms with Crippen LogP contribution in [0.4, 0.5) is 0 Å². The van der Waals surface area contributed by atoms with E-state index in [1.54, 1.807) is 12.4 Å². The Morgan fingerprint density at radius 3 is 2.00 bits per heavy atom. The minimum Gasteiger partial charge on any atom is -0.372 e. The SMILES string of the molecule is OC(c1ccc2ccccc2n1)N(Cc1ccccn1)Cc1ccccn1. The Bertz CT molecular complexity index is 967. The molecule has 5 heteroatoms. The average molecular weight is 356 g/mol. The number of aromatic nitrogens is 3. The number of para-hydroxylation sites is 1. The van der Waals surface area contributed by atoms with Gasteiger partial charge >= 0.3 is 0 Å². The largest absolute Gasteiger partial charge is 0.372 e. The number of hydrogen-bond donors (Lipinski definition) is 1. The van der Waals surface area contributed by atoms with Gasteiger partial charge in [0.25, 0.3) is 0 Å². The van der Waals surface area contributed by atoms with E-state index in [-0.39, 0.29) is 0 Å². The summed E-state index contributed by atoms with van der Waals surface area (Å²) in [5.41, 5.74) is 3.24. The molecule has 0 aliphatic rings. The average Bonchev–Trinajstić information content (AvgIpc) is 2.74. The Morgan fingerprint density at radius 2 is 1.37 bits per heavy atom. The van der Waals surface area contributed by atoms with Gasteiger partial charge in [0.15, 0.2) is 6.23 Å². The molecule has 134 valence electrons. The summed E-state index contributed by atoms with van der Waals surface area (Å²) in [5, 5.41) is 12.1. The fourth-order valence-corrected chi connectivity index (χ4v) is 3.04. The summed E-state index contributed by atoms with van der Waals surface area (Å²) in [6.45, 7) is 0.986. The molecule has 0 radical (unpaired) electrons. The summed E-state index contributed by atoms with van der Waals surface area (Å²) in [5.74, 6) is 0. The summed E-state index contributed by atoms with van der Waals surface area (Å²) in [6.07, 6.45) is 2.66. The molecular weight excluding hydrogens is 336 g/mol. The molecule has 4 aromatic rings. The monoisotopic (exact) mass is 356 g/mol. The van der Waals surface area contributed by atoms with Gasteiger partial charge in [0.1, 0.15) is 0 Å². The first kappa shape index (κ1) is 17.3. The maximum atomic E-state index is 11.1. The molecule has 0 spiro atoms. The van der Waals surface area contributed by atoms with Crippen LogP contribution in [0.1, 0.15) is 23.3 Å². The van der Waals surface area contributed by atoms with Crippen LogP contribution < -0.4 is 0 Å². The van der Waals surface area contributed by atoms with Crippen LogP contribution in [0.5, 0.6) is 0 Å². The zero-order valence-electron chi connectivity index (χ0n) is 14.8. The predicted octanol–water partition coefficient (Wildman–Crippen LogP) is 3.72. The minimum atomic E-state index is -0.862. The quantitative estimate of drug-likeness (QED) is 0.534. The van der Waals surface area contributed by atoms with Crippen LogP contribution in [0, 0.1) is 0 Å². The lowest BCUT2D eigenvalue weighted by molar-refractivity contribution is -0.0150. The van der Waals surface area contributed by atoms with Crippen molar-refractivity contribution in [2.75, 3.05) is 0 Å². The molecular formula is C22H20N4O. The van der Waals surface area contributed by atoms with Crippen LogP contribution in [0.25, 0.3) is 10.9 Å². The van der Waals surface area contributed by atoms with Crippen molar-refractivity contribution in [2.24, 2.45) is 0 Å². The van der Waals surface area contributed by atoms with Gasteiger partial charge in [0.2, 0.25) is 0 Å². The lowest BCUT2D eigenvalue weighted by Crippen LogP contribution is -2.29. The zero-order chi connectivity index (χ0) is 18.5. The van der Waals surface area contributed by atoms with Crippen molar-refractivity contribution in [2.45, 2.75) is 19.3 Å². The molecule has 5 nitrogen and oxygen atoms in total. The Labute approximate surface area is 158 Å². The second-order valence-corrected chi connectivity index (χ2v) is 6.35. The second-order valence-electron chi connectivity index (χ2n) is 6.35. The van der Waals surface area contributed by atoms with Crippen molar-refractivity contribution in [3.8, 4) is 0 Å². The summed E-state index contributed by atoms with van der Waals surface area (Å²) in [4.78, 5) is 15.4. The number of rotatable bonds is 6. The van der Waals surface area contributed by atoms with Crippen molar-refractivity contribution in [3.05, 3.63) is 102 Å². The van der Waals surface area contributed by atoms with E-state index in [0.717, 1.165) is 22.3 Å². The third kappa shape index (κ3) is 4.16. The van der Waals surface area contributed by atoms with E-state index in [2.05, 4.69) is 15.0 Å². The molecule has 0 amide bonds. The molecule has 4 rings (SSSR count). The van der Waals surface area contributed by atoms with Gasteiger partial charge in [-0.3, -0.25) is 14.9 Å². The second kappa shape index (κ2) is 8.03. The molecule has 3 aromatic heterocycles. The summed E-state index contributed by atoms with van der Waals surface area (Å²) >= 11 is 0. The molecule has 3 heterocycles. The summed E-state index contributed by atoms with van der Waals surface area (Å²) in [7, 11) is 0. The predicted molar refractivity (Wildman–Crippen MR) is 104 cm³/mol. The molecule has 1 atom stereocenters. The first-order valence-corrected chi connectivity index (χ1v) is 8.87. The third-order valence-corrected chi connectivity index (χ3v) is 4.41. The van der Waals surface area contributed by atoms with Crippen LogP contribution in [0.15, 0.2) is 85.2 Å². The van der Waals surface area contributed by atoms with E-state index in [9.17, 15) is 5.11 Å². The lowest BCUT2D eigenvalue weighted by Gasteiger charge is -2.27. The Morgan fingerprint density at radius 1 is 0.741 bits per heavy atom. The normalized spacial score (nSPS) is 12.4. The molecule has 1 aromatic carbocycles. The highest BCUT2D eigenvalue weighted by atomic mass is 16.3. The number of aliphatic hydroxyl groups is 1. The lowest BCUT2D eigenvalue weighted by atomic mass is 10.2. The van der Waals surface area contributed by atoms with E-state index >= 15 is 0 Å². The van der Waals surface area contributed by atoms with E-state index in [1.807, 2.05) is 77.7 Å². The minimum absolute atomic E-state index is 0.493. The molecule has 0 bridgehead atoms. The van der Waals surface area contributed by atoms with Crippen molar-refractivity contribution < 1.29 is 5.11 Å². The molecule has 1 unspecified atom stereocenters. The van der Waals surface area contributed by atoms with E-state index < -0.39 is 6.23 Å². The van der Waals surface area contributed by atoms with Crippen molar-refractivity contribution in [1.82, 2.24) is 19.9 Å². The molecule has 0 aliphatic carbocycles. The number of pyridine rings is 3. The number of aliphatic hydroxyl groups excluding tert-OH is 1. The van der Waals surface area contributed by atoms with Gasteiger partial charge in [-0.2, -0.15) is 0 Å². The topological polar surface area (TPSA) is 62.1 Å². The van der Waals surface area contributed by atoms with Gasteiger partial charge in [0, 0.05) is 30.9 Å². The first-order chi connectivity index (χ1) is 13.3. The van der Waals surface area contributed by atoms with Gasteiger partial charge < -0.3 is 5.11 Å². The van der Waals surface area contributed by atoms with Crippen molar-refractivity contribution >= 4 is 10.9 Å². The smallest absolute Gasteiger partial charge is 0.151 e. The standard InChI is InChI=1S/C22H20N4O/c27-22(21-12-11-17-7-1-2-10-20(17)25-21)26(15-18-8-3-5-13-23-18)16-19-9-4-6-14-24-19/h1-14,22,27H,15-16H2. The number of nitrogens with zero attached hydrogens (tertiary/aromatic N) is 4. The zero-order valence-corrected chi connectivity index (χ0v) is 14.8. The fraction of sp³-hybridized carbons (Fsp3) is 0.136. The summed E-state index contributed by atoms with van der Waals surface area (Å²) in [6, 6.07) is 23.3. The van der Waals surface area contributed by atoms with Crippen LogP contribution in [0.2, 0.25) is 0 Å². The van der Waals surface area contributed by atoms with Gasteiger partial charge in [-0.05, 0) is 36.4 Å². The van der Waals surface area contributed by atoms with Crippen molar-refractivity contribution in [1.29, 1.82) is 0 Å². The van der Waals surface area contributed by atoms with Gasteiger partial charge in [-0.1, -0.05) is 36.4 Å². The Hall–Kier alpha value is -3.15. The molecule has 0 aliphatic heterocycles. The third-order valence-electron chi connectivity index (χ3n) is 4.41. The van der Waals surface area contributed by atoms with Gasteiger partial charge in [0.05, 0.1) is 22.6 Å². The van der Waals surface area contributed by atoms with Crippen molar-refractivity contribution in [3.63, 3.8) is 0 Å². The van der Waals surface area contributed by atoms with E-state index in [0.29, 0.717) is 18.8 Å². The maximum Gasteiger partial charge on any atom is 0.151 e. The molecule has 1 N–H and O–H groups in total. The molecule has 0 fully saturated rings. The highest BCUT2D eigenvalue weighted by molar-refractivity contribution is 5.78. The number of fused-ring (bicyclic) bond motifs is 1. The Kier molecular flexibility index (Phi) is 5.14. The Balaban J connectivity index is 1.64. The van der Waals surface area contributed by atoms with Crippen LogP contribution in [-0.4, -0.2) is 25.0 Å². The van der Waals surface area contributed by atoms with Crippen LogP contribution >= 0.6 is 0 Å². The van der Waals surface area contributed by atoms with E-state index in [1.165, 1.54) is 0 Å². The van der Waals surface area contributed by atoms with Gasteiger partial charge in [-0.25, -0.2) is 4.98 Å². The molecule has 27 heavy (non-hydrogen) atoms. The van der Waals surface area contributed by atoms with Crippen LogP contribution in [0.3, 0.4) is 0 Å². The maximum absolute atomic E-state index is 11.1. The highest BCUT2D eigenvalue weighted by Gasteiger charge is 2.21. The fourth-order valence-electron chi connectivity index (χ4n) is 3.04. The molecule has 0 saturated carbocycles. The van der Waals surface area contributed by atoms with Crippen LogP contribution in [-0.2, 0) is 13.1 Å². The van der Waals surface area contributed by atoms with E-state index in [4.69, 9.17) is 0 Å². The number of benzene rings is 1. The molecule has 0 saturated heterocycles. The number of hydrogen-bond acceptors (Lipinski definition) is 5. The first-order valence-electron chi connectivity index (χ1n) is 8.87. The van der Waals surface area contributed by atoms with Gasteiger partial charge in [-0.15, -0.1) is 0 Å².